The number of hydrogen-bond acceptors (Lipinski definition) is 7. The number of primary amides is 2. The molecule has 1 aromatic carbocycles. The number of amides is 5. The Hall–Kier alpha value is -3.81. The van der Waals surface area contributed by atoms with Gasteiger partial charge >= 0.3 is 0 Å². The fourth-order valence-electron chi connectivity index (χ4n) is 5.31. The van der Waals surface area contributed by atoms with E-state index in [0.717, 1.165) is 12.1 Å². The minimum Gasteiger partial charge on any atom is -0.488 e. The van der Waals surface area contributed by atoms with E-state index in [-0.39, 0.29) is 62.8 Å². The highest BCUT2D eigenvalue weighted by atomic mass is 19.1. The lowest BCUT2D eigenvalue weighted by molar-refractivity contribution is -0.144. The zero-order valence-electron chi connectivity index (χ0n) is 23.1. The van der Waals surface area contributed by atoms with Gasteiger partial charge in [-0.2, -0.15) is 0 Å². The van der Waals surface area contributed by atoms with E-state index < -0.39 is 59.1 Å². The summed E-state index contributed by atoms with van der Waals surface area (Å²) in [4.78, 5) is 63.9. The highest BCUT2D eigenvalue weighted by Crippen LogP contribution is 2.29. The number of hydrogen-bond donors (Lipinski definition) is 4. The summed E-state index contributed by atoms with van der Waals surface area (Å²) in [6.45, 7) is 1.56. The molecule has 7 N–H and O–H groups in total. The van der Waals surface area contributed by atoms with E-state index in [1.807, 2.05) is 0 Å². The Morgan fingerprint density at radius 2 is 1.80 bits per heavy atom. The van der Waals surface area contributed by atoms with Crippen LogP contribution in [0.2, 0.25) is 0 Å². The third kappa shape index (κ3) is 8.59. The summed E-state index contributed by atoms with van der Waals surface area (Å²) in [5, 5.41) is 2.77. The first-order chi connectivity index (χ1) is 19.4. The number of rotatable bonds is 12. The van der Waals surface area contributed by atoms with Crippen LogP contribution in [0, 0.1) is 11.6 Å². The predicted molar refractivity (Wildman–Crippen MR) is 143 cm³/mol. The van der Waals surface area contributed by atoms with Crippen LogP contribution in [-0.4, -0.2) is 83.2 Å². The number of carbonyl (C=O) groups excluding carboxylic acids is 5. The number of aryl methyl sites for hydroxylation is 1. The zero-order valence-corrected chi connectivity index (χ0v) is 23.1. The first kappa shape index (κ1) is 31.7. The van der Waals surface area contributed by atoms with Gasteiger partial charge in [0, 0.05) is 45.0 Å². The van der Waals surface area contributed by atoms with Crippen LogP contribution in [0.25, 0.3) is 0 Å². The maximum Gasteiger partial charge on any atom is 0.243 e. The molecule has 1 aromatic rings. The fourth-order valence-corrected chi connectivity index (χ4v) is 5.31. The summed E-state index contributed by atoms with van der Waals surface area (Å²) < 4.78 is 34.8. The van der Waals surface area contributed by atoms with E-state index in [2.05, 4.69) is 5.32 Å². The molecule has 0 aromatic heterocycles. The average molecular weight is 581 g/mol. The molecule has 0 bridgehead atoms. The van der Waals surface area contributed by atoms with Crippen molar-refractivity contribution in [3.63, 3.8) is 0 Å². The van der Waals surface area contributed by atoms with Crippen molar-refractivity contribution in [3.8, 4) is 5.75 Å². The van der Waals surface area contributed by atoms with E-state index in [0.29, 0.717) is 25.8 Å². The predicted octanol–water partition coefficient (Wildman–Crippen LogP) is -0.159. The lowest BCUT2D eigenvalue weighted by Crippen LogP contribution is -2.59. The second-order valence-electron chi connectivity index (χ2n) is 10.6. The highest BCUT2D eigenvalue weighted by Gasteiger charge is 2.44. The van der Waals surface area contributed by atoms with Gasteiger partial charge in [0.15, 0.2) is 11.6 Å². The summed E-state index contributed by atoms with van der Waals surface area (Å²) in [5.41, 5.74) is 16.5. The molecular formula is C27H38F2N6O6. The molecule has 2 aliphatic heterocycles. The van der Waals surface area contributed by atoms with E-state index >= 15 is 4.39 Å². The third-order valence-electron chi connectivity index (χ3n) is 7.45. The highest BCUT2D eigenvalue weighted by molar-refractivity contribution is 5.91. The maximum absolute atomic E-state index is 15.0. The Balaban J connectivity index is 1.71. The van der Waals surface area contributed by atoms with E-state index in [1.165, 1.54) is 16.7 Å². The number of nitrogens with two attached hydrogens (primary N) is 3. The van der Waals surface area contributed by atoms with Crippen LogP contribution in [-0.2, 0) is 30.4 Å². The van der Waals surface area contributed by atoms with Crippen molar-refractivity contribution in [2.75, 3.05) is 19.7 Å². The van der Waals surface area contributed by atoms with Crippen molar-refractivity contribution in [1.29, 1.82) is 0 Å². The van der Waals surface area contributed by atoms with Gasteiger partial charge in [-0.15, -0.1) is 0 Å². The lowest BCUT2D eigenvalue weighted by atomic mass is 10.1. The van der Waals surface area contributed by atoms with Gasteiger partial charge in [0.25, 0.3) is 0 Å². The number of fused-ring (bicyclic) bond motifs is 1. The maximum atomic E-state index is 15.0. The molecule has 2 heterocycles. The van der Waals surface area contributed by atoms with Crippen molar-refractivity contribution >= 4 is 29.5 Å². The van der Waals surface area contributed by atoms with Gasteiger partial charge in [-0.25, -0.2) is 8.78 Å². The Morgan fingerprint density at radius 1 is 1.10 bits per heavy atom. The van der Waals surface area contributed by atoms with Gasteiger partial charge < -0.3 is 37.1 Å². The summed E-state index contributed by atoms with van der Waals surface area (Å²) in [6, 6.07) is -1.04. The zero-order chi connectivity index (χ0) is 30.3. The fraction of sp³-hybridized carbons (Fsp3) is 0.593. The van der Waals surface area contributed by atoms with Gasteiger partial charge in [0.2, 0.25) is 29.5 Å². The van der Waals surface area contributed by atoms with Crippen LogP contribution in [0.4, 0.5) is 8.78 Å². The number of benzene rings is 1. The van der Waals surface area contributed by atoms with Crippen molar-refractivity contribution < 1.29 is 37.5 Å². The molecule has 41 heavy (non-hydrogen) atoms. The number of nitrogens with one attached hydrogen (secondary N) is 1. The van der Waals surface area contributed by atoms with Crippen molar-refractivity contribution in [2.24, 2.45) is 17.2 Å². The Labute approximate surface area is 236 Å². The number of halogens is 2. The molecule has 2 saturated heterocycles. The molecule has 3 rings (SSSR count). The minimum absolute atomic E-state index is 0.00578. The topological polar surface area (TPSA) is 191 Å². The molecule has 12 nitrogen and oxygen atoms in total. The molecule has 226 valence electrons. The van der Waals surface area contributed by atoms with Gasteiger partial charge in [0.05, 0.1) is 6.04 Å². The standard InChI is InChI=1S/C27H38F2N6O6/c1-15(36)34-10-9-19-6-7-21(35(19)27(40)20(30)13-34)26(39)33-18(5-8-24(32)38)14-41-22-12-17(28)11-16(25(22)29)3-2-4-23(31)37/h11-12,18-21H,2-10,13-14,30H2,1H3,(H2,31,37)(H2,32,38)(H,33,39)/t18-,19+,20-,21-/m0/s1. The molecule has 0 saturated carbocycles. The summed E-state index contributed by atoms with van der Waals surface area (Å²) in [5.74, 6) is -4.25. The van der Waals surface area contributed by atoms with Crippen LogP contribution < -0.4 is 27.3 Å². The first-order valence-electron chi connectivity index (χ1n) is 13.7. The Kier molecular flexibility index (Phi) is 11.0. The molecular weight excluding hydrogens is 542 g/mol. The van der Waals surface area contributed by atoms with Crippen LogP contribution >= 0.6 is 0 Å². The normalized spacial score (nSPS) is 21.5. The molecule has 0 unspecified atom stereocenters. The van der Waals surface area contributed by atoms with E-state index in [1.54, 1.807) is 0 Å². The van der Waals surface area contributed by atoms with E-state index in [9.17, 15) is 28.4 Å². The third-order valence-corrected chi connectivity index (χ3v) is 7.45. The number of nitrogens with zero attached hydrogens (tertiary/aromatic N) is 2. The molecule has 14 heteroatoms. The van der Waals surface area contributed by atoms with Crippen LogP contribution in [0.1, 0.15) is 57.4 Å². The largest absolute Gasteiger partial charge is 0.488 e. The first-order valence-corrected chi connectivity index (χ1v) is 13.7. The second-order valence-corrected chi connectivity index (χ2v) is 10.6. The summed E-state index contributed by atoms with van der Waals surface area (Å²) in [7, 11) is 0. The lowest BCUT2D eigenvalue weighted by Gasteiger charge is -2.37. The molecule has 4 atom stereocenters. The van der Waals surface area contributed by atoms with Crippen LogP contribution in [0.3, 0.4) is 0 Å². The molecule has 0 radical (unpaired) electrons. The molecule has 2 aliphatic rings. The minimum atomic E-state index is -0.989. The van der Waals surface area contributed by atoms with Crippen molar-refractivity contribution in [3.05, 3.63) is 29.3 Å². The molecule has 5 amide bonds. The Bertz CT molecular complexity index is 1170. The number of carbonyl (C=O) groups is 5. The Morgan fingerprint density at radius 3 is 2.46 bits per heavy atom. The molecule has 0 aliphatic carbocycles. The monoisotopic (exact) mass is 580 g/mol. The quantitative estimate of drug-likeness (QED) is 0.264. The van der Waals surface area contributed by atoms with Crippen LogP contribution in [0.5, 0.6) is 5.75 Å². The van der Waals surface area contributed by atoms with Crippen molar-refractivity contribution in [2.45, 2.75) is 82.5 Å². The van der Waals surface area contributed by atoms with Gasteiger partial charge in [-0.1, -0.05) is 0 Å². The van der Waals surface area contributed by atoms with Gasteiger partial charge in [0.1, 0.15) is 24.5 Å². The summed E-state index contributed by atoms with van der Waals surface area (Å²) >= 11 is 0. The summed E-state index contributed by atoms with van der Waals surface area (Å²) in [6.07, 6.45) is 1.64. The molecule has 2 fully saturated rings. The van der Waals surface area contributed by atoms with Gasteiger partial charge in [-0.05, 0) is 50.2 Å². The second kappa shape index (κ2) is 14.2. The SMILES string of the molecule is CC(=O)N1CC[C@H]2CC[C@@H](C(=O)N[C@@H](CCC(N)=O)COc3cc(F)cc(CCCC(N)=O)c3F)N2C(=O)[C@@H](N)C1. The van der Waals surface area contributed by atoms with E-state index in [4.69, 9.17) is 21.9 Å². The number of ether oxygens (including phenoxy) is 1. The smallest absolute Gasteiger partial charge is 0.243 e. The average Bonchev–Trinajstić information content (AvgIpc) is 3.31. The van der Waals surface area contributed by atoms with Crippen LogP contribution in [0.15, 0.2) is 12.1 Å². The van der Waals surface area contributed by atoms with Crippen molar-refractivity contribution in [1.82, 2.24) is 15.1 Å². The van der Waals surface area contributed by atoms with Gasteiger partial charge in [-0.3, -0.25) is 24.0 Å². The molecule has 0 spiro atoms.